The zero-order valence-corrected chi connectivity index (χ0v) is 18.9. The number of hydrogen-bond donors (Lipinski definition) is 3. The SMILES string of the molecule is CCCc1c(Cc2ccc(-c3ccccc3-c3nnn[nH]3)cc2)c(O)nc2nc(CS)nn12. The fraction of sp³-hybridized carbons (Fsp3) is 0.217. The molecular weight excluding hydrogens is 436 g/mol. The number of benzene rings is 2. The molecule has 0 aliphatic rings. The molecule has 0 saturated heterocycles. The molecule has 2 N–H and O–H groups in total. The number of fused-ring (bicyclic) bond motifs is 1. The molecule has 0 amide bonds. The van der Waals surface area contributed by atoms with Crippen LogP contribution in [0, 0.1) is 0 Å². The van der Waals surface area contributed by atoms with Crippen molar-refractivity contribution in [3.63, 3.8) is 0 Å². The van der Waals surface area contributed by atoms with Crippen molar-refractivity contribution in [3.8, 4) is 28.4 Å². The number of aromatic hydroxyl groups is 1. The molecule has 0 atom stereocenters. The van der Waals surface area contributed by atoms with Gasteiger partial charge < -0.3 is 5.11 Å². The Morgan fingerprint density at radius 1 is 1.03 bits per heavy atom. The first-order valence-electron chi connectivity index (χ1n) is 10.7. The summed E-state index contributed by atoms with van der Waals surface area (Å²) in [5, 5.41) is 29.5. The highest BCUT2D eigenvalue weighted by atomic mass is 32.1. The van der Waals surface area contributed by atoms with Gasteiger partial charge in [-0.05, 0) is 33.5 Å². The van der Waals surface area contributed by atoms with Crippen molar-refractivity contribution in [3.05, 3.63) is 71.2 Å². The minimum Gasteiger partial charge on any atom is -0.493 e. The number of nitrogens with zero attached hydrogens (tertiary/aromatic N) is 7. The molecule has 33 heavy (non-hydrogen) atoms. The standard InChI is InChI=1S/C23H22N8OS/c1-2-5-19-18(22(32)25-23-24-20(13-33)28-31(19)23)12-14-8-10-15(11-9-14)16-6-3-4-7-17(16)21-26-29-30-27-21/h3-4,6-11,33H,2,5,12-13H2,1H3,(H,24,25,28,32)(H,26,27,29,30). The lowest BCUT2D eigenvalue weighted by atomic mass is 9.96. The van der Waals surface area contributed by atoms with Gasteiger partial charge in [-0.1, -0.05) is 61.9 Å². The molecule has 0 radical (unpaired) electrons. The molecular formula is C23H22N8OS. The van der Waals surface area contributed by atoms with Crippen molar-refractivity contribution >= 4 is 18.4 Å². The molecule has 0 aliphatic heterocycles. The third-order valence-electron chi connectivity index (χ3n) is 5.52. The van der Waals surface area contributed by atoms with E-state index in [9.17, 15) is 5.11 Å². The third kappa shape index (κ3) is 4.05. The molecule has 0 spiro atoms. The van der Waals surface area contributed by atoms with Crippen molar-refractivity contribution < 1.29 is 5.11 Å². The number of nitrogens with one attached hydrogen (secondary N) is 1. The summed E-state index contributed by atoms with van der Waals surface area (Å²) in [7, 11) is 0. The van der Waals surface area contributed by atoms with Gasteiger partial charge in [-0.2, -0.15) is 22.6 Å². The number of aryl methyl sites for hydroxylation is 1. The Kier molecular flexibility index (Phi) is 5.74. The van der Waals surface area contributed by atoms with Crippen LogP contribution >= 0.6 is 12.6 Å². The van der Waals surface area contributed by atoms with Gasteiger partial charge in [0.25, 0.3) is 5.78 Å². The van der Waals surface area contributed by atoms with E-state index >= 15 is 0 Å². The topological polar surface area (TPSA) is 118 Å². The summed E-state index contributed by atoms with van der Waals surface area (Å²) in [5.74, 6) is 2.02. The van der Waals surface area contributed by atoms with E-state index < -0.39 is 0 Å². The van der Waals surface area contributed by atoms with Crippen LogP contribution in [0.5, 0.6) is 5.88 Å². The molecule has 0 saturated carbocycles. The van der Waals surface area contributed by atoms with Crippen LogP contribution in [0.4, 0.5) is 0 Å². The summed E-state index contributed by atoms with van der Waals surface area (Å²) in [5.41, 5.74) is 5.75. The summed E-state index contributed by atoms with van der Waals surface area (Å²) in [4.78, 5) is 8.62. The molecule has 9 nitrogen and oxygen atoms in total. The highest BCUT2D eigenvalue weighted by Gasteiger charge is 2.18. The van der Waals surface area contributed by atoms with Crippen LogP contribution in [-0.4, -0.2) is 45.3 Å². The van der Waals surface area contributed by atoms with Crippen molar-refractivity contribution in [1.82, 2.24) is 40.2 Å². The fourth-order valence-electron chi connectivity index (χ4n) is 3.98. The lowest BCUT2D eigenvalue weighted by Gasteiger charge is -2.13. The van der Waals surface area contributed by atoms with Gasteiger partial charge in [0.05, 0.1) is 11.4 Å². The first kappa shape index (κ1) is 21.1. The van der Waals surface area contributed by atoms with E-state index in [0.29, 0.717) is 29.6 Å². The van der Waals surface area contributed by atoms with Crippen LogP contribution in [0.2, 0.25) is 0 Å². The Balaban J connectivity index is 1.50. The van der Waals surface area contributed by atoms with E-state index in [1.165, 1.54) is 0 Å². The van der Waals surface area contributed by atoms with Crippen LogP contribution in [0.25, 0.3) is 28.3 Å². The number of thiol groups is 1. The van der Waals surface area contributed by atoms with Gasteiger partial charge in [-0.15, -0.1) is 10.2 Å². The molecule has 0 fully saturated rings. The molecule has 0 aliphatic carbocycles. The van der Waals surface area contributed by atoms with Gasteiger partial charge in [0.1, 0.15) is 0 Å². The Morgan fingerprint density at radius 3 is 2.52 bits per heavy atom. The Hall–Kier alpha value is -3.79. The Morgan fingerprint density at radius 2 is 1.82 bits per heavy atom. The zero-order valence-electron chi connectivity index (χ0n) is 18.0. The zero-order chi connectivity index (χ0) is 22.8. The van der Waals surface area contributed by atoms with E-state index in [1.54, 1.807) is 4.52 Å². The van der Waals surface area contributed by atoms with Crippen LogP contribution < -0.4 is 0 Å². The summed E-state index contributed by atoms with van der Waals surface area (Å²) in [6.45, 7) is 2.10. The number of aromatic nitrogens is 8. The van der Waals surface area contributed by atoms with Crippen molar-refractivity contribution in [2.24, 2.45) is 0 Å². The molecule has 0 bridgehead atoms. The molecule has 2 aromatic carbocycles. The molecule has 3 heterocycles. The second-order valence-corrected chi connectivity index (χ2v) is 7.99. The molecule has 166 valence electrons. The van der Waals surface area contributed by atoms with E-state index in [0.717, 1.165) is 46.4 Å². The van der Waals surface area contributed by atoms with E-state index in [2.05, 4.69) is 79.5 Å². The molecule has 10 heteroatoms. The van der Waals surface area contributed by atoms with Crippen LogP contribution in [0.3, 0.4) is 0 Å². The summed E-state index contributed by atoms with van der Waals surface area (Å²) >= 11 is 4.26. The first-order valence-corrected chi connectivity index (χ1v) is 11.3. The summed E-state index contributed by atoms with van der Waals surface area (Å²) in [6, 6.07) is 16.2. The summed E-state index contributed by atoms with van der Waals surface area (Å²) in [6.07, 6.45) is 2.20. The summed E-state index contributed by atoms with van der Waals surface area (Å²) < 4.78 is 1.74. The third-order valence-corrected chi connectivity index (χ3v) is 5.80. The highest BCUT2D eigenvalue weighted by molar-refractivity contribution is 7.79. The fourth-order valence-corrected chi connectivity index (χ4v) is 4.11. The first-order chi connectivity index (χ1) is 16.2. The van der Waals surface area contributed by atoms with Crippen LogP contribution in [-0.2, 0) is 18.6 Å². The van der Waals surface area contributed by atoms with E-state index in [-0.39, 0.29) is 5.88 Å². The average Bonchev–Trinajstić information content (AvgIpc) is 3.52. The van der Waals surface area contributed by atoms with Crippen LogP contribution in [0.15, 0.2) is 48.5 Å². The second-order valence-electron chi connectivity index (χ2n) is 7.68. The number of tetrazole rings is 1. The van der Waals surface area contributed by atoms with Crippen molar-refractivity contribution in [2.75, 3.05) is 0 Å². The second kappa shape index (κ2) is 8.99. The largest absolute Gasteiger partial charge is 0.493 e. The lowest BCUT2D eigenvalue weighted by Crippen LogP contribution is -2.07. The van der Waals surface area contributed by atoms with Gasteiger partial charge in [0.2, 0.25) is 5.88 Å². The maximum Gasteiger partial charge on any atom is 0.256 e. The predicted molar refractivity (Wildman–Crippen MR) is 127 cm³/mol. The maximum absolute atomic E-state index is 10.7. The van der Waals surface area contributed by atoms with Gasteiger partial charge >= 0.3 is 0 Å². The quantitative estimate of drug-likeness (QED) is 0.319. The molecule has 0 unspecified atom stereocenters. The van der Waals surface area contributed by atoms with Gasteiger partial charge in [-0.25, -0.2) is 9.61 Å². The lowest BCUT2D eigenvalue weighted by molar-refractivity contribution is 0.444. The van der Waals surface area contributed by atoms with Gasteiger partial charge in [0, 0.05) is 17.5 Å². The number of H-pyrrole nitrogens is 1. The maximum atomic E-state index is 10.7. The minimum atomic E-state index is -0.00342. The van der Waals surface area contributed by atoms with Gasteiger partial charge in [-0.3, -0.25) is 0 Å². The Bertz CT molecular complexity index is 1400. The number of aromatic amines is 1. The van der Waals surface area contributed by atoms with E-state index in [1.807, 2.05) is 24.3 Å². The van der Waals surface area contributed by atoms with Gasteiger partial charge in [0.15, 0.2) is 11.6 Å². The smallest absolute Gasteiger partial charge is 0.256 e. The monoisotopic (exact) mass is 458 g/mol. The molecule has 5 aromatic rings. The normalized spacial score (nSPS) is 11.3. The number of rotatable bonds is 7. The highest BCUT2D eigenvalue weighted by Crippen LogP contribution is 2.31. The molecule has 5 rings (SSSR count). The van der Waals surface area contributed by atoms with Crippen molar-refractivity contribution in [2.45, 2.75) is 31.9 Å². The predicted octanol–water partition coefficient (Wildman–Crippen LogP) is 3.65. The van der Waals surface area contributed by atoms with Crippen molar-refractivity contribution in [1.29, 1.82) is 0 Å². The number of hydrogen-bond acceptors (Lipinski definition) is 8. The van der Waals surface area contributed by atoms with E-state index in [4.69, 9.17) is 0 Å². The van der Waals surface area contributed by atoms with Crippen LogP contribution in [0.1, 0.15) is 36.0 Å². The molecule has 3 aromatic heterocycles. The minimum absolute atomic E-state index is 0.00342. The average molecular weight is 459 g/mol. The Labute approximate surface area is 195 Å².